The van der Waals surface area contributed by atoms with Crippen molar-refractivity contribution in [3.8, 4) is 11.3 Å². The molecule has 7 nitrogen and oxygen atoms in total. The Bertz CT molecular complexity index is 1270. The molecule has 1 aliphatic heterocycles. The summed E-state index contributed by atoms with van der Waals surface area (Å²) in [5, 5.41) is 0. The lowest BCUT2D eigenvalue weighted by atomic mass is 10.2. The number of aromatic amines is 1. The highest BCUT2D eigenvalue weighted by Gasteiger charge is 2.28. The molecule has 0 saturated carbocycles. The topological polar surface area (TPSA) is 83.4 Å². The van der Waals surface area contributed by atoms with Crippen LogP contribution in [0.25, 0.3) is 16.9 Å². The zero-order chi connectivity index (χ0) is 19.3. The largest absolute Gasteiger partial charge is 0.328 e. The van der Waals surface area contributed by atoms with E-state index < -0.39 is 0 Å². The van der Waals surface area contributed by atoms with Gasteiger partial charge in [-0.1, -0.05) is 30.3 Å². The third-order valence-corrected chi connectivity index (χ3v) is 4.96. The quantitative estimate of drug-likeness (QED) is 0.587. The lowest BCUT2D eigenvalue weighted by Crippen LogP contribution is -2.26. The number of rotatable bonds is 2. The first kappa shape index (κ1) is 16.4. The van der Waals surface area contributed by atoms with Crippen molar-refractivity contribution in [3.05, 3.63) is 87.9 Å². The maximum Gasteiger partial charge on any atom is 0.256 e. The number of hydrogen-bond donors (Lipinski definition) is 1. The van der Waals surface area contributed by atoms with Gasteiger partial charge in [0.15, 0.2) is 0 Å². The van der Waals surface area contributed by atoms with Gasteiger partial charge in [-0.15, -0.1) is 0 Å². The highest BCUT2D eigenvalue weighted by atomic mass is 16.2. The molecule has 28 heavy (non-hydrogen) atoms. The van der Waals surface area contributed by atoms with Crippen LogP contribution in [0.5, 0.6) is 0 Å². The Morgan fingerprint density at radius 1 is 1.04 bits per heavy atom. The number of aryl methyl sites for hydroxylation is 1. The van der Waals surface area contributed by atoms with Crippen molar-refractivity contribution in [1.82, 2.24) is 24.3 Å². The van der Waals surface area contributed by atoms with Crippen molar-refractivity contribution in [3.63, 3.8) is 0 Å². The summed E-state index contributed by atoms with van der Waals surface area (Å²) in [6.07, 6.45) is 3.69. The molecule has 0 spiro atoms. The Morgan fingerprint density at radius 3 is 2.68 bits per heavy atom. The number of pyridine rings is 1. The van der Waals surface area contributed by atoms with E-state index in [0.29, 0.717) is 29.2 Å². The minimum atomic E-state index is -0.171. The number of aromatic nitrogens is 4. The molecule has 4 heterocycles. The number of H-pyrrole nitrogens is 1. The average Bonchev–Trinajstić information content (AvgIpc) is 3.31. The van der Waals surface area contributed by atoms with Gasteiger partial charge >= 0.3 is 0 Å². The van der Waals surface area contributed by atoms with E-state index in [1.807, 2.05) is 47.0 Å². The SMILES string of the molecule is Cc1nc2c(c(=O)[nH]1)CN(C(=O)c1ccc3nc(-c4ccccc4)cn3c1)C2. The number of carbonyl (C=O) groups is 1. The van der Waals surface area contributed by atoms with Crippen LogP contribution in [0.15, 0.2) is 59.7 Å². The Kier molecular flexibility index (Phi) is 3.61. The fourth-order valence-electron chi connectivity index (χ4n) is 3.58. The standard InChI is InChI=1S/C21H17N5O2/c1-13-22-18-12-26(10-16(18)20(27)23-13)21(28)15-7-8-19-24-17(11-25(19)9-15)14-5-3-2-4-6-14/h2-9,11H,10,12H2,1H3,(H,22,23,27). The molecule has 1 amide bonds. The molecule has 1 N–H and O–H groups in total. The smallest absolute Gasteiger partial charge is 0.256 e. The number of imidazole rings is 1. The Labute approximate surface area is 160 Å². The fraction of sp³-hybridized carbons (Fsp3) is 0.143. The number of fused-ring (bicyclic) bond motifs is 2. The van der Waals surface area contributed by atoms with E-state index in [1.54, 1.807) is 24.1 Å². The molecule has 0 radical (unpaired) electrons. The average molecular weight is 371 g/mol. The van der Waals surface area contributed by atoms with Gasteiger partial charge in [0, 0.05) is 18.0 Å². The number of nitrogens with one attached hydrogen (secondary N) is 1. The predicted molar refractivity (Wildman–Crippen MR) is 104 cm³/mol. The number of hydrogen-bond acceptors (Lipinski definition) is 4. The summed E-state index contributed by atoms with van der Waals surface area (Å²) >= 11 is 0. The lowest BCUT2D eigenvalue weighted by Gasteiger charge is -2.14. The Hall–Kier alpha value is -3.74. The van der Waals surface area contributed by atoms with Crippen LogP contribution >= 0.6 is 0 Å². The first-order valence-corrected chi connectivity index (χ1v) is 9.00. The van der Waals surface area contributed by atoms with Gasteiger partial charge in [0.05, 0.1) is 35.6 Å². The highest BCUT2D eigenvalue weighted by molar-refractivity contribution is 5.94. The van der Waals surface area contributed by atoms with Gasteiger partial charge in [-0.3, -0.25) is 9.59 Å². The monoisotopic (exact) mass is 371 g/mol. The molecule has 1 aliphatic rings. The minimum absolute atomic E-state index is 0.132. The van der Waals surface area contributed by atoms with Crippen molar-refractivity contribution in [2.75, 3.05) is 0 Å². The molecule has 4 aromatic rings. The maximum atomic E-state index is 13.0. The van der Waals surface area contributed by atoms with Crippen LogP contribution in [0.1, 0.15) is 27.4 Å². The van der Waals surface area contributed by atoms with Crippen LogP contribution in [0, 0.1) is 6.92 Å². The minimum Gasteiger partial charge on any atom is -0.328 e. The van der Waals surface area contributed by atoms with Crippen molar-refractivity contribution in [2.24, 2.45) is 0 Å². The van der Waals surface area contributed by atoms with E-state index in [4.69, 9.17) is 0 Å². The molecule has 0 fully saturated rings. The van der Waals surface area contributed by atoms with Crippen LogP contribution in [0.4, 0.5) is 0 Å². The zero-order valence-electron chi connectivity index (χ0n) is 15.2. The fourth-order valence-corrected chi connectivity index (χ4v) is 3.58. The van der Waals surface area contributed by atoms with Crippen molar-refractivity contribution >= 4 is 11.6 Å². The Balaban J connectivity index is 1.46. The molecule has 7 heteroatoms. The third kappa shape index (κ3) is 2.68. The maximum absolute atomic E-state index is 13.0. The summed E-state index contributed by atoms with van der Waals surface area (Å²) in [7, 11) is 0. The molecule has 1 aromatic carbocycles. The van der Waals surface area contributed by atoms with Crippen molar-refractivity contribution < 1.29 is 4.79 Å². The van der Waals surface area contributed by atoms with Gasteiger partial charge in [-0.25, -0.2) is 9.97 Å². The third-order valence-electron chi connectivity index (χ3n) is 4.96. The van der Waals surface area contributed by atoms with Crippen LogP contribution < -0.4 is 5.56 Å². The van der Waals surface area contributed by atoms with Gasteiger partial charge in [0.1, 0.15) is 11.5 Å². The second-order valence-electron chi connectivity index (χ2n) is 6.91. The zero-order valence-corrected chi connectivity index (χ0v) is 15.2. The first-order chi connectivity index (χ1) is 13.6. The van der Waals surface area contributed by atoms with E-state index >= 15 is 0 Å². The molecule has 0 saturated heterocycles. The van der Waals surface area contributed by atoms with Crippen LogP contribution in [-0.4, -0.2) is 30.2 Å². The van der Waals surface area contributed by atoms with Gasteiger partial charge in [-0.2, -0.15) is 0 Å². The molecule has 138 valence electrons. The van der Waals surface area contributed by atoms with E-state index in [1.165, 1.54) is 0 Å². The summed E-state index contributed by atoms with van der Waals surface area (Å²) in [5.41, 5.74) is 4.26. The number of benzene rings is 1. The van der Waals surface area contributed by atoms with Gasteiger partial charge in [0.25, 0.3) is 11.5 Å². The molecule has 0 unspecified atom stereocenters. The molecule has 5 rings (SSSR count). The summed E-state index contributed by atoms with van der Waals surface area (Å²) in [6.45, 7) is 2.35. The highest BCUT2D eigenvalue weighted by Crippen LogP contribution is 2.22. The molecular weight excluding hydrogens is 354 g/mol. The second kappa shape index (κ2) is 6.16. The molecule has 3 aromatic heterocycles. The Morgan fingerprint density at radius 2 is 1.86 bits per heavy atom. The first-order valence-electron chi connectivity index (χ1n) is 9.00. The summed E-state index contributed by atoms with van der Waals surface area (Å²) < 4.78 is 1.86. The molecular formula is C21H17N5O2. The summed E-state index contributed by atoms with van der Waals surface area (Å²) in [4.78, 5) is 38.4. The van der Waals surface area contributed by atoms with E-state index in [9.17, 15) is 9.59 Å². The normalized spacial score (nSPS) is 13.1. The lowest BCUT2D eigenvalue weighted by molar-refractivity contribution is 0.0749. The van der Waals surface area contributed by atoms with E-state index in [-0.39, 0.29) is 18.0 Å². The van der Waals surface area contributed by atoms with E-state index in [0.717, 1.165) is 16.9 Å². The number of carbonyl (C=O) groups excluding carboxylic acids is 1. The predicted octanol–water partition coefficient (Wildman–Crippen LogP) is 2.55. The molecule has 0 bridgehead atoms. The number of nitrogens with zero attached hydrogens (tertiary/aromatic N) is 4. The summed E-state index contributed by atoms with van der Waals surface area (Å²) in [6, 6.07) is 13.5. The summed E-state index contributed by atoms with van der Waals surface area (Å²) in [5.74, 6) is 0.429. The van der Waals surface area contributed by atoms with Crippen molar-refractivity contribution in [2.45, 2.75) is 20.0 Å². The molecule has 0 atom stereocenters. The number of amides is 1. The van der Waals surface area contributed by atoms with Crippen molar-refractivity contribution in [1.29, 1.82) is 0 Å². The van der Waals surface area contributed by atoms with Crippen LogP contribution in [0.3, 0.4) is 0 Å². The van der Waals surface area contributed by atoms with Gasteiger partial charge in [-0.05, 0) is 19.1 Å². The van der Waals surface area contributed by atoms with Crippen LogP contribution in [-0.2, 0) is 13.1 Å². The van der Waals surface area contributed by atoms with Gasteiger partial charge < -0.3 is 14.3 Å². The molecule has 0 aliphatic carbocycles. The van der Waals surface area contributed by atoms with Gasteiger partial charge in [0.2, 0.25) is 0 Å². The van der Waals surface area contributed by atoms with E-state index in [2.05, 4.69) is 15.0 Å². The second-order valence-corrected chi connectivity index (χ2v) is 6.91. The van der Waals surface area contributed by atoms with Crippen LogP contribution in [0.2, 0.25) is 0 Å².